The highest BCUT2D eigenvalue weighted by Gasteiger charge is 2.48. The molecule has 260 valence electrons. The van der Waals surface area contributed by atoms with Gasteiger partial charge in [0, 0.05) is 12.6 Å². The summed E-state index contributed by atoms with van der Waals surface area (Å²) in [6.07, 6.45) is 4.18. The molecule has 2 aliphatic rings. The van der Waals surface area contributed by atoms with E-state index in [1.807, 2.05) is 114 Å². The Bertz CT molecular complexity index is 1630. The Morgan fingerprint density at radius 1 is 0.740 bits per heavy atom. The number of rotatable bonds is 14. The van der Waals surface area contributed by atoms with Crippen LogP contribution >= 0.6 is 0 Å². The van der Waals surface area contributed by atoms with Gasteiger partial charge in [-0.15, -0.1) is 0 Å². The van der Waals surface area contributed by atoms with Crippen molar-refractivity contribution in [3.05, 3.63) is 144 Å². The Hall–Kier alpha value is -4.79. The van der Waals surface area contributed by atoms with E-state index in [4.69, 9.17) is 0 Å². The Morgan fingerprint density at radius 3 is 1.90 bits per heavy atom. The van der Waals surface area contributed by atoms with Crippen molar-refractivity contribution in [2.75, 3.05) is 13.6 Å². The van der Waals surface area contributed by atoms with Crippen molar-refractivity contribution in [3.63, 3.8) is 0 Å². The molecular formula is C42H49N5O3. The fourth-order valence-electron chi connectivity index (χ4n) is 7.62. The number of carbonyl (C=O) groups excluding carboxylic acids is 3. The van der Waals surface area contributed by atoms with Crippen LogP contribution in [0.5, 0.6) is 0 Å². The first-order valence-electron chi connectivity index (χ1n) is 18.0. The van der Waals surface area contributed by atoms with Crippen molar-refractivity contribution >= 4 is 17.7 Å². The van der Waals surface area contributed by atoms with Crippen molar-refractivity contribution < 1.29 is 14.4 Å². The Kier molecular flexibility index (Phi) is 12.1. The predicted octanol–water partition coefficient (Wildman–Crippen LogP) is 5.16. The Morgan fingerprint density at radius 2 is 1.30 bits per heavy atom. The number of amides is 3. The minimum absolute atomic E-state index is 0.0451. The van der Waals surface area contributed by atoms with E-state index in [-0.39, 0.29) is 35.7 Å². The molecule has 6 rings (SSSR count). The normalized spacial score (nSPS) is 20.9. The predicted molar refractivity (Wildman–Crippen MR) is 197 cm³/mol. The smallest absolute Gasteiger partial charge is 0.246 e. The van der Waals surface area contributed by atoms with Crippen molar-refractivity contribution in [2.24, 2.45) is 5.92 Å². The third-order valence-electron chi connectivity index (χ3n) is 10.3. The lowest BCUT2D eigenvalue weighted by Crippen LogP contribution is -2.58. The Labute approximate surface area is 296 Å². The summed E-state index contributed by atoms with van der Waals surface area (Å²) >= 11 is 0. The summed E-state index contributed by atoms with van der Waals surface area (Å²) in [5.74, 6) is -0.593. The van der Waals surface area contributed by atoms with Gasteiger partial charge in [-0.25, -0.2) is 0 Å². The third-order valence-corrected chi connectivity index (χ3v) is 10.3. The van der Waals surface area contributed by atoms with E-state index in [1.54, 1.807) is 7.05 Å². The van der Waals surface area contributed by atoms with Gasteiger partial charge in [0.2, 0.25) is 17.7 Å². The highest BCUT2D eigenvalue weighted by atomic mass is 16.2. The summed E-state index contributed by atoms with van der Waals surface area (Å²) in [6, 6.07) is 37.8. The second-order valence-electron chi connectivity index (χ2n) is 13.6. The van der Waals surface area contributed by atoms with Crippen molar-refractivity contribution in [2.45, 2.75) is 75.3 Å². The molecule has 3 amide bonds. The zero-order valence-electron chi connectivity index (χ0n) is 28.8. The minimum atomic E-state index is -0.731. The molecule has 5 atom stereocenters. The molecule has 4 aromatic rings. The molecule has 4 N–H and O–H groups in total. The molecule has 2 saturated heterocycles. The van der Waals surface area contributed by atoms with Crippen LogP contribution in [0.3, 0.4) is 0 Å². The van der Waals surface area contributed by atoms with E-state index < -0.39 is 18.1 Å². The number of benzene rings is 4. The molecule has 0 bridgehead atoms. The van der Waals surface area contributed by atoms with Crippen LogP contribution in [0.2, 0.25) is 0 Å². The van der Waals surface area contributed by atoms with E-state index in [9.17, 15) is 14.4 Å². The monoisotopic (exact) mass is 671 g/mol. The number of nitrogens with one attached hydrogen (secondary N) is 4. The summed E-state index contributed by atoms with van der Waals surface area (Å²) in [5.41, 5.74) is 4.20. The van der Waals surface area contributed by atoms with Gasteiger partial charge in [-0.2, -0.15) is 0 Å². The molecule has 0 saturated carbocycles. The lowest BCUT2D eigenvalue weighted by atomic mass is 9.89. The SMILES string of the molecule is CNC(Cc1ccccc1)C(=O)NC1C(=O)N2[C@@H](CC[C@@H]1CCNCc1ccccc1)CC[C@H]2C(=O)NC(c1ccccc1)c1ccccc1. The van der Waals surface area contributed by atoms with Crippen molar-refractivity contribution in [1.29, 1.82) is 0 Å². The van der Waals surface area contributed by atoms with Gasteiger partial charge in [-0.3, -0.25) is 14.4 Å². The van der Waals surface area contributed by atoms with Crippen molar-refractivity contribution in [1.82, 2.24) is 26.2 Å². The van der Waals surface area contributed by atoms with Crippen LogP contribution in [0.4, 0.5) is 0 Å². The third kappa shape index (κ3) is 8.67. The standard InChI is InChI=1S/C42H49N5O3/c1-43-36(28-30-14-6-2-7-15-30)40(48)46-39-34(26-27-44-29-31-16-8-3-9-17-31)22-23-35-24-25-37(47(35)42(39)50)41(49)45-38(32-18-10-4-11-19-32)33-20-12-5-13-21-33/h2-21,34-39,43-44H,22-29H2,1H3,(H,45,49)(H,46,48)/t34-,35+,36?,37+,39?/m1/s1. The van der Waals surface area contributed by atoms with Crippen LogP contribution in [0, 0.1) is 5.92 Å². The van der Waals surface area contributed by atoms with Crippen LogP contribution in [-0.4, -0.2) is 60.4 Å². The second kappa shape index (κ2) is 17.2. The van der Waals surface area contributed by atoms with E-state index in [0.29, 0.717) is 19.4 Å². The second-order valence-corrected chi connectivity index (χ2v) is 13.6. The number of hydrogen-bond acceptors (Lipinski definition) is 5. The first kappa shape index (κ1) is 35.1. The molecule has 2 fully saturated rings. The topological polar surface area (TPSA) is 103 Å². The highest BCUT2D eigenvalue weighted by Crippen LogP contribution is 2.36. The zero-order valence-corrected chi connectivity index (χ0v) is 28.8. The van der Waals surface area contributed by atoms with E-state index in [1.165, 1.54) is 5.56 Å². The molecule has 8 nitrogen and oxygen atoms in total. The molecule has 4 aromatic carbocycles. The Balaban J connectivity index is 1.21. The van der Waals surface area contributed by atoms with Gasteiger partial charge in [0.1, 0.15) is 12.1 Å². The number of fused-ring (bicyclic) bond motifs is 1. The first-order chi connectivity index (χ1) is 24.5. The largest absolute Gasteiger partial charge is 0.343 e. The van der Waals surface area contributed by atoms with Crippen LogP contribution in [0.25, 0.3) is 0 Å². The lowest BCUT2D eigenvalue weighted by Gasteiger charge is -2.33. The number of carbonyl (C=O) groups is 3. The fraction of sp³-hybridized carbons (Fsp3) is 0.357. The molecule has 2 aliphatic heterocycles. The lowest BCUT2D eigenvalue weighted by molar-refractivity contribution is -0.143. The quantitative estimate of drug-likeness (QED) is 0.139. The molecular weight excluding hydrogens is 622 g/mol. The maximum atomic E-state index is 14.7. The number of nitrogens with zero attached hydrogens (tertiary/aromatic N) is 1. The van der Waals surface area contributed by atoms with Crippen LogP contribution < -0.4 is 21.3 Å². The van der Waals surface area contributed by atoms with Gasteiger partial charge in [0.25, 0.3) is 0 Å². The molecule has 0 aliphatic carbocycles. The number of hydrogen-bond donors (Lipinski definition) is 4. The highest BCUT2D eigenvalue weighted by molar-refractivity contribution is 5.94. The molecule has 8 heteroatoms. The van der Waals surface area contributed by atoms with Gasteiger partial charge in [0.05, 0.1) is 12.1 Å². The van der Waals surface area contributed by atoms with E-state index >= 15 is 0 Å². The fourth-order valence-corrected chi connectivity index (χ4v) is 7.62. The van der Waals surface area contributed by atoms with Crippen LogP contribution in [0.1, 0.15) is 60.4 Å². The van der Waals surface area contributed by atoms with Gasteiger partial charge in [-0.1, -0.05) is 121 Å². The summed E-state index contributed by atoms with van der Waals surface area (Å²) in [5, 5.41) is 13.2. The minimum Gasteiger partial charge on any atom is -0.343 e. The van der Waals surface area contributed by atoms with Crippen molar-refractivity contribution in [3.8, 4) is 0 Å². The molecule has 0 spiro atoms. The summed E-state index contributed by atoms with van der Waals surface area (Å²) in [6.45, 7) is 1.45. The maximum absolute atomic E-state index is 14.7. The molecule has 50 heavy (non-hydrogen) atoms. The van der Waals surface area contributed by atoms with Gasteiger partial charge in [-0.05, 0) is 80.3 Å². The number of likely N-dealkylation sites (N-methyl/N-ethyl adjacent to an activating group) is 1. The molecule has 0 radical (unpaired) electrons. The average molecular weight is 672 g/mol. The summed E-state index contributed by atoms with van der Waals surface area (Å²) in [4.78, 5) is 44.7. The van der Waals surface area contributed by atoms with Crippen LogP contribution in [0.15, 0.2) is 121 Å². The zero-order chi connectivity index (χ0) is 34.7. The first-order valence-corrected chi connectivity index (χ1v) is 18.0. The molecule has 2 unspecified atom stereocenters. The van der Waals surface area contributed by atoms with Gasteiger partial charge in [0.15, 0.2) is 0 Å². The summed E-state index contributed by atoms with van der Waals surface area (Å²) < 4.78 is 0. The summed E-state index contributed by atoms with van der Waals surface area (Å²) in [7, 11) is 1.78. The van der Waals surface area contributed by atoms with Gasteiger partial charge >= 0.3 is 0 Å². The maximum Gasteiger partial charge on any atom is 0.246 e. The molecule has 0 aromatic heterocycles. The van der Waals surface area contributed by atoms with E-state index in [0.717, 1.165) is 48.9 Å². The average Bonchev–Trinajstić information content (AvgIpc) is 3.55. The van der Waals surface area contributed by atoms with E-state index in [2.05, 4.69) is 33.4 Å². The molecule has 2 heterocycles. The van der Waals surface area contributed by atoms with Crippen LogP contribution in [-0.2, 0) is 27.3 Å². The van der Waals surface area contributed by atoms with Gasteiger partial charge < -0.3 is 26.2 Å².